The number of nitrogens with one attached hydrogen (secondary N) is 1. The van der Waals surface area contributed by atoms with Crippen molar-refractivity contribution in [1.82, 2.24) is 14.8 Å². The van der Waals surface area contributed by atoms with E-state index in [4.69, 9.17) is 17.3 Å². The van der Waals surface area contributed by atoms with Crippen LogP contribution >= 0.6 is 23.4 Å². The van der Waals surface area contributed by atoms with Gasteiger partial charge >= 0.3 is 0 Å². The zero-order valence-electron chi connectivity index (χ0n) is 17.7. The number of aryl methyl sites for hydroxylation is 1. The number of primary amides is 1. The van der Waals surface area contributed by atoms with Gasteiger partial charge in [-0.25, -0.2) is 0 Å². The molecular weight excluding hydrogens is 458 g/mol. The van der Waals surface area contributed by atoms with E-state index >= 15 is 0 Å². The number of benzene rings is 3. The average molecular weight is 478 g/mol. The minimum Gasteiger partial charge on any atom is -0.366 e. The van der Waals surface area contributed by atoms with Gasteiger partial charge < -0.3 is 11.1 Å². The molecule has 0 saturated heterocycles. The van der Waals surface area contributed by atoms with E-state index in [0.717, 1.165) is 16.8 Å². The maximum Gasteiger partial charge on any atom is 0.248 e. The molecule has 0 atom stereocenters. The monoisotopic (exact) mass is 477 g/mol. The first-order chi connectivity index (χ1) is 15.9. The standard InChI is InChI=1S/C24H20ClN5O2S/c1-15-3-2-4-20(13-15)30-23(17-5-9-18(25)10-6-17)28-29-24(30)33-14-21(31)27-19-11-7-16(8-12-19)22(26)32/h2-13H,14H2,1H3,(H2,26,32)(H,27,31). The van der Waals surface area contributed by atoms with Gasteiger partial charge in [0.25, 0.3) is 0 Å². The second kappa shape index (κ2) is 9.89. The fraction of sp³-hybridized carbons (Fsp3) is 0.0833. The topological polar surface area (TPSA) is 103 Å². The van der Waals surface area contributed by atoms with Crippen molar-refractivity contribution in [2.75, 3.05) is 11.1 Å². The zero-order chi connectivity index (χ0) is 23.4. The number of halogens is 1. The summed E-state index contributed by atoms with van der Waals surface area (Å²) < 4.78 is 1.93. The number of amides is 2. The highest BCUT2D eigenvalue weighted by Crippen LogP contribution is 2.29. The Balaban J connectivity index is 1.56. The first-order valence-electron chi connectivity index (χ1n) is 10.0. The largest absolute Gasteiger partial charge is 0.366 e. The van der Waals surface area contributed by atoms with Crippen molar-refractivity contribution in [2.45, 2.75) is 12.1 Å². The lowest BCUT2D eigenvalue weighted by Crippen LogP contribution is -2.15. The van der Waals surface area contributed by atoms with Crippen molar-refractivity contribution in [1.29, 1.82) is 0 Å². The maximum atomic E-state index is 12.5. The lowest BCUT2D eigenvalue weighted by atomic mass is 10.2. The van der Waals surface area contributed by atoms with Crippen LogP contribution in [-0.2, 0) is 4.79 Å². The summed E-state index contributed by atoms with van der Waals surface area (Å²) >= 11 is 7.32. The summed E-state index contributed by atoms with van der Waals surface area (Å²) in [5, 5.41) is 12.8. The predicted octanol–water partition coefficient (Wildman–Crippen LogP) is 4.73. The van der Waals surface area contributed by atoms with Gasteiger partial charge in [-0.3, -0.25) is 14.2 Å². The maximum absolute atomic E-state index is 12.5. The SMILES string of the molecule is Cc1cccc(-n2c(SCC(=O)Nc3ccc(C(N)=O)cc3)nnc2-c2ccc(Cl)cc2)c1. The molecule has 1 heterocycles. The Morgan fingerprint density at radius 2 is 1.76 bits per heavy atom. The molecule has 0 aliphatic carbocycles. The number of nitrogens with two attached hydrogens (primary N) is 1. The van der Waals surface area contributed by atoms with Crippen molar-refractivity contribution in [3.63, 3.8) is 0 Å². The van der Waals surface area contributed by atoms with E-state index in [2.05, 4.69) is 15.5 Å². The van der Waals surface area contributed by atoms with Gasteiger partial charge in [-0.15, -0.1) is 10.2 Å². The lowest BCUT2D eigenvalue weighted by Gasteiger charge is -2.11. The van der Waals surface area contributed by atoms with Gasteiger partial charge in [0, 0.05) is 27.5 Å². The third-order valence-electron chi connectivity index (χ3n) is 4.78. The molecule has 7 nitrogen and oxygen atoms in total. The second-order valence-electron chi connectivity index (χ2n) is 7.27. The van der Waals surface area contributed by atoms with E-state index < -0.39 is 5.91 Å². The molecule has 4 aromatic rings. The Morgan fingerprint density at radius 1 is 1.03 bits per heavy atom. The summed E-state index contributed by atoms with van der Waals surface area (Å²) in [6, 6.07) is 21.8. The first-order valence-corrected chi connectivity index (χ1v) is 11.4. The number of rotatable bonds is 7. The van der Waals surface area contributed by atoms with Crippen LogP contribution < -0.4 is 11.1 Å². The quantitative estimate of drug-likeness (QED) is 0.375. The molecule has 3 aromatic carbocycles. The van der Waals surface area contributed by atoms with Gasteiger partial charge in [-0.2, -0.15) is 0 Å². The van der Waals surface area contributed by atoms with E-state index in [1.165, 1.54) is 11.8 Å². The summed E-state index contributed by atoms with van der Waals surface area (Å²) in [6.45, 7) is 2.01. The van der Waals surface area contributed by atoms with Crippen LogP contribution in [0.15, 0.2) is 78.0 Å². The Kier molecular flexibility index (Phi) is 6.76. The third-order valence-corrected chi connectivity index (χ3v) is 5.96. The smallest absolute Gasteiger partial charge is 0.248 e. The number of carbonyl (C=O) groups is 2. The van der Waals surface area contributed by atoms with Gasteiger partial charge in [0.15, 0.2) is 11.0 Å². The molecule has 0 unspecified atom stereocenters. The van der Waals surface area contributed by atoms with E-state index in [9.17, 15) is 9.59 Å². The molecule has 33 heavy (non-hydrogen) atoms. The van der Waals surface area contributed by atoms with Crippen molar-refractivity contribution in [3.8, 4) is 17.1 Å². The molecule has 1 aromatic heterocycles. The highest BCUT2D eigenvalue weighted by atomic mass is 35.5. The van der Waals surface area contributed by atoms with Crippen LogP contribution in [0.25, 0.3) is 17.1 Å². The molecule has 166 valence electrons. The number of nitrogens with zero attached hydrogens (tertiary/aromatic N) is 3. The highest BCUT2D eigenvalue weighted by molar-refractivity contribution is 7.99. The Labute approximate surface area is 200 Å². The van der Waals surface area contributed by atoms with Crippen molar-refractivity contribution >= 4 is 40.9 Å². The number of aromatic nitrogens is 3. The van der Waals surface area contributed by atoms with Crippen LogP contribution in [0.1, 0.15) is 15.9 Å². The van der Waals surface area contributed by atoms with E-state index in [-0.39, 0.29) is 11.7 Å². The summed E-state index contributed by atoms with van der Waals surface area (Å²) in [7, 11) is 0. The predicted molar refractivity (Wildman–Crippen MR) is 131 cm³/mol. The molecule has 0 radical (unpaired) electrons. The second-order valence-corrected chi connectivity index (χ2v) is 8.64. The zero-order valence-corrected chi connectivity index (χ0v) is 19.2. The van der Waals surface area contributed by atoms with Crippen LogP contribution in [0.4, 0.5) is 5.69 Å². The van der Waals surface area contributed by atoms with E-state index in [0.29, 0.717) is 27.3 Å². The number of carbonyl (C=O) groups excluding carboxylic acids is 2. The van der Waals surface area contributed by atoms with Crippen LogP contribution in [0.2, 0.25) is 5.02 Å². The van der Waals surface area contributed by atoms with E-state index in [1.807, 2.05) is 47.9 Å². The Bertz CT molecular complexity index is 1300. The minimum atomic E-state index is -0.518. The third kappa shape index (κ3) is 5.42. The highest BCUT2D eigenvalue weighted by Gasteiger charge is 2.17. The van der Waals surface area contributed by atoms with Crippen molar-refractivity contribution < 1.29 is 9.59 Å². The average Bonchev–Trinajstić information content (AvgIpc) is 3.22. The number of thioether (sulfide) groups is 1. The Morgan fingerprint density at radius 3 is 2.42 bits per heavy atom. The van der Waals surface area contributed by atoms with Crippen LogP contribution in [0, 0.1) is 6.92 Å². The normalized spacial score (nSPS) is 10.7. The fourth-order valence-corrected chi connectivity index (χ4v) is 4.07. The molecule has 0 bridgehead atoms. The molecular formula is C24H20ClN5O2S. The summed E-state index contributed by atoms with van der Waals surface area (Å²) in [5.41, 5.74) is 9.06. The van der Waals surface area contributed by atoms with Crippen LogP contribution in [-0.4, -0.2) is 32.3 Å². The molecule has 4 rings (SSSR count). The molecule has 0 aliphatic rings. The number of hydrogen-bond acceptors (Lipinski definition) is 5. The van der Waals surface area contributed by atoms with Crippen molar-refractivity contribution in [2.24, 2.45) is 5.73 Å². The number of hydrogen-bond donors (Lipinski definition) is 2. The van der Waals surface area contributed by atoms with Crippen LogP contribution in [0.3, 0.4) is 0 Å². The molecule has 0 spiro atoms. The molecule has 2 amide bonds. The molecule has 0 saturated carbocycles. The molecule has 0 aliphatic heterocycles. The van der Waals surface area contributed by atoms with Gasteiger partial charge in [-0.05, 0) is 73.2 Å². The Hall–Kier alpha value is -3.62. The molecule has 9 heteroatoms. The van der Waals surface area contributed by atoms with Gasteiger partial charge in [0.1, 0.15) is 0 Å². The summed E-state index contributed by atoms with van der Waals surface area (Å²) in [6.07, 6.45) is 0. The van der Waals surface area contributed by atoms with E-state index in [1.54, 1.807) is 36.4 Å². The van der Waals surface area contributed by atoms with Gasteiger partial charge in [0.2, 0.25) is 11.8 Å². The lowest BCUT2D eigenvalue weighted by molar-refractivity contribution is -0.113. The van der Waals surface area contributed by atoms with Gasteiger partial charge in [0.05, 0.1) is 5.75 Å². The van der Waals surface area contributed by atoms with Gasteiger partial charge in [-0.1, -0.05) is 35.5 Å². The molecule has 0 fully saturated rings. The fourth-order valence-electron chi connectivity index (χ4n) is 3.19. The summed E-state index contributed by atoms with van der Waals surface area (Å²) in [5.74, 6) is 0.0542. The minimum absolute atomic E-state index is 0.127. The number of anilines is 1. The first kappa shape index (κ1) is 22.6. The van der Waals surface area contributed by atoms with Crippen molar-refractivity contribution in [3.05, 3.63) is 88.9 Å². The molecule has 3 N–H and O–H groups in total. The van der Waals surface area contributed by atoms with Crippen LogP contribution in [0.5, 0.6) is 0 Å². The summed E-state index contributed by atoms with van der Waals surface area (Å²) in [4.78, 5) is 23.7.